The number of amides is 1. The van der Waals surface area contributed by atoms with Crippen LogP contribution in [-0.4, -0.2) is 30.6 Å². The van der Waals surface area contributed by atoms with Crippen molar-refractivity contribution >= 4 is 16.9 Å². The molecular formula is C25H22N6O2. The molecule has 164 valence electrons. The van der Waals surface area contributed by atoms with E-state index in [1.165, 1.54) is 0 Å². The van der Waals surface area contributed by atoms with Gasteiger partial charge in [-0.1, -0.05) is 31.1 Å². The van der Waals surface area contributed by atoms with Crippen LogP contribution in [0.2, 0.25) is 0 Å². The summed E-state index contributed by atoms with van der Waals surface area (Å²) in [6.07, 6.45) is 5.13. The van der Waals surface area contributed by atoms with Gasteiger partial charge in [0, 0.05) is 29.2 Å². The lowest BCUT2D eigenvalue weighted by Gasteiger charge is -2.18. The van der Waals surface area contributed by atoms with Crippen LogP contribution in [-0.2, 0) is 0 Å². The van der Waals surface area contributed by atoms with E-state index >= 15 is 0 Å². The number of hydrogen-bond acceptors (Lipinski definition) is 6. The van der Waals surface area contributed by atoms with E-state index in [0.29, 0.717) is 17.3 Å². The second kappa shape index (κ2) is 8.66. The molecule has 0 aliphatic carbocycles. The predicted molar refractivity (Wildman–Crippen MR) is 124 cm³/mol. The molecule has 0 aliphatic rings. The Hall–Kier alpha value is -4.33. The van der Waals surface area contributed by atoms with Crippen LogP contribution in [0.1, 0.15) is 36.1 Å². The van der Waals surface area contributed by atoms with Crippen molar-refractivity contribution in [2.45, 2.75) is 19.9 Å². The monoisotopic (exact) mass is 438 g/mol. The van der Waals surface area contributed by atoms with Crippen LogP contribution in [0.15, 0.2) is 83.9 Å². The molecule has 8 heteroatoms. The van der Waals surface area contributed by atoms with Gasteiger partial charge in [0.15, 0.2) is 0 Å². The Kier molecular flexibility index (Phi) is 5.40. The third-order valence-corrected chi connectivity index (χ3v) is 5.44. The van der Waals surface area contributed by atoms with E-state index in [-0.39, 0.29) is 11.8 Å². The molecular weight excluding hydrogens is 416 g/mol. The fourth-order valence-electron chi connectivity index (χ4n) is 3.65. The maximum atomic E-state index is 13.0. The predicted octanol–water partition coefficient (Wildman–Crippen LogP) is 4.60. The Labute approximate surface area is 190 Å². The first-order valence-corrected chi connectivity index (χ1v) is 10.7. The average Bonchev–Trinajstić information content (AvgIpc) is 3.51. The van der Waals surface area contributed by atoms with Crippen LogP contribution in [0.25, 0.3) is 28.1 Å². The smallest absolute Gasteiger partial charge is 0.251 e. The van der Waals surface area contributed by atoms with Gasteiger partial charge in [0.2, 0.25) is 11.7 Å². The zero-order valence-electron chi connectivity index (χ0n) is 18.2. The number of fused-ring (bicyclic) bond motifs is 1. The first-order chi connectivity index (χ1) is 16.1. The molecule has 2 aromatic carbocycles. The zero-order chi connectivity index (χ0) is 22.8. The molecule has 0 saturated carbocycles. The minimum Gasteiger partial charge on any atom is -0.340 e. The van der Waals surface area contributed by atoms with Crippen LogP contribution < -0.4 is 5.32 Å². The van der Waals surface area contributed by atoms with Gasteiger partial charge < -0.3 is 9.84 Å². The molecule has 1 N–H and O–H groups in total. The second-order valence-corrected chi connectivity index (χ2v) is 8.04. The van der Waals surface area contributed by atoms with E-state index in [4.69, 9.17) is 4.52 Å². The standard InChI is InChI=1S/C25H22N6O2/c1-16(2)22(25-29-23(30-33-25)18-6-5-13-26-14-18)28-24(32)17-9-11-19(12-10-17)31-15-27-20-7-3-4-8-21(20)31/h3-16,22H,1-2H3,(H,28,32). The molecule has 0 saturated heterocycles. The summed E-state index contributed by atoms with van der Waals surface area (Å²) in [7, 11) is 0. The van der Waals surface area contributed by atoms with E-state index in [2.05, 4.69) is 25.4 Å². The van der Waals surface area contributed by atoms with Crippen molar-refractivity contribution in [1.29, 1.82) is 0 Å². The molecule has 8 nitrogen and oxygen atoms in total. The van der Waals surface area contributed by atoms with E-state index < -0.39 is 6.04 Å². The van der Waals surface area contributed by atoms with Crippen molar-refractivity contribution in [1.82, 2.24) is 30.0 Å². The Balaban J connectivity index is 1.35. The first-order valence-electron chi connectivity index (χ1n) is 10.7. The quantitative estimate of drug-likeness (QED) is 0.416. The normalized spacial score (nSPS) is 12.2. The number of aromatic nitrogens is 5. The lowest BCUT2D eigenvalue weighted by molar-refractivity contribution is 0.0914. The Morgan fingerprint density at radius 1 is 1.03 bits per heavy atom. The number of para-hydroxylation sites is 2. The molecule has 5 rings (SSSR count). The molecule has 5 aromatic rings. The number of pyridine rings is 1. The van der Waals surface area contributed by atoms with E-state index in [1.54, 1.807) is 30.9 Å². The molecule has 0 bridgehead atoms. The molecule has 0 fully saturated rings. The summed E-state index contributed by atoms with van der Waals surface area (Å²) in [5.74, 6) is 0.637. The van der Waals surface area contributed by atoms with Crippen LogP contribution in [0, 0.1) is 5.92 Å². The Morgan fingerprint density at radius 3 is 2.61 bits per heavy atom. The van der Waals surface area contributed by atoms with E-state index in [0.717, 1.165) is 22.3 Å². The van der Waals surface area contributed by atoms with Gasteiger partial charge in [-0.25, -0.2) is 4.98 Å². The lowest BCUT2D eigenvalue weighted by Crippen LogP contribution is -2.32. The molecule has 33 heavy (non-hydrogen) atoms. The van der Waals surface area contributed by atoms with Gasteiger partial charge in [-0.15, -0.1) is 0 Å². The Morgan fingerprint density at radius 2 is 1.85 bits per heavy atom. The lowest BCUT2D eigenvalue weighted by atomic mass is 10.0. The van der Waals surface area contributed by atoms with Crippen LogP contribution in [0.4, 0.5) is 0 Å². The fraction of sp³-hybridized carbons (Fsp3) is 0.160. The molecule has 0 aliphatic heterocycles. The number of carbonyl (C=O) groups is 1. The molecule has 0 spiro atoms. The highest BCUT2D eigenvalue weighted by Gasteiger charge is 2.25. The van der Waals surface area contributed by atoms with E-state index in [9.17, 15) is 4.79 Å². The summed E-state index contributed by atoms with van der Waals surface area (Å²) >= 11 is 0. The third-order valence-electron chi connectivity index (χ3n) is 5.44. The summed E-state index contributed by atoms with van der Waals surface area (Å²) in [6.45, 7) is 3.98. The number of benzene rings is 2. The third kappa shape index (κ3) is 4.10. The van der Waals surface area contributed by atoms with Crippen LogP contribution >= 0.6 is 0 Å². The van der Waals surface area contributed by atoms with Crippen molar-refractivity contribution in [2.75, 3.05) is 0 Å². The first kappa shape index (κ1) is 20.6. The highest BCUT2D eigenvalue weighted by molar-refractivity contribution is 5.94. The van der Waals surface area contributed by atoms with Crippen molar-refractivity contribution in [3.63, 3.8) is 0 Å². The molecule has 1 atom stereocenters. The van der Waals surface area contributed by atoms with Crippen LogP contribution in [0.3, 0.4) is 0 Å². The SMILES string of the molecule is CC(C)C(NC(=O)c1ccc(-n2cnc3ccccc32)cc1)c1nc(-c2cccnc2)no1. The Bertz CT molecular complexity index is 1390. The highest BCUT2D eigenvalue weighted by atomic mass is 16.5. The molecule has 0 radical (unpaired) electrons. The molecule has 3 heterocycles. The van der Waals surface area contributed by atoms with Crippen molar-refractivity contribution < 1.29 is 9.32 Å². The number of nitrogens with zero attached hydrogens (tertiary/aromatic N) is 5. The number of rotatable bonds is 6. The van der Waals surface area contributed by atoms with Gasteiger partial charge in [-0.2, -0.15) is 4.98 Å². The number of imidazole rings is 1. The highest BCUT2D eigenvalue weighted by Crippen LogP contribution is 2.24. The average molecular weight is 438 g/mol. The van der Waals surface area contributed by atoms with Crippen molar-refractivity contribution in [3.8, 4) is 17.1 Å². The summed E-state index contributed by atoms with van der Waals surface area (Å²) < 4.78 is 7.47. The molecule has 1 amide bonds. The summed E-state index contributed by atoms with van der Waals surface area (Å²) in [5.41, 5.74) is 4.16. The number of hydrogen-bond donors (Lipinski definition) is 1. The zero-order valence-corrected chi connectivity index (χ0v) is 18.2. The maximum absolute atomic E-state index is 13.0. The largest absolute Gasteiger partial charge is 0.340 e. The van der Waals surface area contributed by atoms with Gasteiger partial charge in [0.1, 0.15) is 12.4 Å². The van der Waals surface area contributed by atoms with Gasteiger partial charge in [0.25, 0.3) is 5.91 Å². The van der Waals surface area contributed by atoms with Gasteiger partial charge in [-0.3, -0.25) is 14.3 Å². The minimum atomic E-state index is -0.423. The molecule has 3 aromatic heterocycles. The van der Waals surface area contributed by atoms with Crippen molar-refractivity contribution in [3.05, 3.63) is 90.8 Å². The fourth-order valence-corrected chi connectivity index (χ4v) is 3.65. The maximum Gasteiger partial charge on any atom is 0.251 e. The summed E-state index contributed by atoms with van der Waals surface area (Å²) in [4.78, 5) is 26.0. The number of nitrogens with one attached hydrogen (secondary N) is 1. The van der Waals surface area contributed by atoms with Gasteiger partial charge >= 0.3 is 0 Å². The number of carbonyl (C=O) groups excluding carboxylic acids is 1. The topological polar surface area (TPSA) is 98.7 Å². The van der Waals surface area contributed by atoms with Gasteiger partial charge in [-0.05, 0) is 54.4 Å². The van der Waals surface area contributed by atoms with E-state index in [1.807, 2.05) is 66.9 Å². The van der Waals surface area contributed by atoms with Crippen molar-refractivity contribution in [2.24, 2.45) is 5.92 Å². The minimum absolute atomic E-state index is 0.0488. The van der Waals surface area contributed by atoms with Gasteiger partial charge in [0.05, 0.1) is 11.0 Å². The second-order valence-electron chi connectivity index (χ2n) is 8.04. The summed E-state index contributed by atoms with van der Waals surface area (Å²) in [6, 6.07) is 18.6. The van der Waals surface area contributed by atoms with Crippen LogP contribution in [0.5, 0.6) is 0 Å². The molecule has 1 unspecified atom stereocenters. The summed E-state index contributed by atoms with van der Waals surface area (Å²) in [5, 5.41) is 7.08.